The number of anilines is 1. The molecule has 1 aromatic heterocycles. The number of carbonyl (C=O) groups is 1. The second-order valence-electron chi connectivity index (χ2n) is 7.30. The molecule has 0 saturated carbocycles. The van der Waals surface area contributed by atoms with Crippen LogP contribution in [0.4, 0.5) is 10.2 Å². The number of hydrogen-bond donors (Lipinski definition) is 2. The Labute approximate surface area is 193 Å². The highest BCUT2D eigenvalue weighted by molar-refractivity contribution is 7.98. The van der Waals surface area contributed by atoms with E-state index < -0.39 is 5.92 Å². The monoisotopic (exact) mass is 471 g/mol. The summed E-state index contributed by atoms with van der Waals surface area (Å²) in [6.07, 6.45) is 0.0473. The fourth-order valence-corrected chi connectivity index (χ4v) is 4.56. The van der Waals surface area contributed by atoms with Crippen molar-refractivity contribution in [2.24, 2.45) is 0 Å². The van der Waals surface area contributed by atoms with E-state index in [-0.39, 0.29) is 29.5 Å². The molecule has 1 amide bonds. The van der Waals surface area contributed by atoms with Gasteiger partial charge >= 0.3 is 0 Å². The molecule has 10 heteroatoms. The van der Waals surface area contributed by atoms with Crippen molar-refractivity contribution in [3.8, 4) is 17.2 Å². The summed E-state index contributed by atoms with van der Waals surface area (Å²) in [5.41, 5.74) is 1.47. The van der Waals surface area contributed by atoms with Crippen molar-refractivity contribution in [2.45, 2.75) is 23.2 Å². The predicted molar refractivity (Wildman–Crippen MR) is 122 cm³/mol. The topological polar surface area (TPSA) is 103 Å². The molecule has 0 fully saturated rings. The van der Waals surface area contributed by atoms with Crippen molar-refractivity contribution in [3.05, 3.63) is 69.3 Å². The van der Waals surface area contributed by atoms with Crippen LogP contribution in [0.3, 0.4) is 0 Å². The lowest BCUT2D eigenvalue weighted by molar-refractivity contribution is -0.116. The van der Waals surface area contributed by atoms with Gasteiger partial charge in [-0.3, -0.25) is 9.59 Å². The first-order valence-electron chi connectivity index (χ1n) is 10.0. The minimum Gasteiger partial charge on any atom is -0.496 e. The Kier molecular flexibility index (Phi) is 6.55. The molecular weight excluding hydrogens is 449 g/mol. The molecule has 0 unspecified atom stereocenters. The third kappa shape index (κ3) is 4.65. The number of nitrogens with one attached hydrogen (secondary N) is 2. The van der Waals surface area contributed by atoms with Gasteiger partial charge < -0.3 is 24.5 Å². The van der Waals surface area contributed by atoms with Crippen LogP contribution in [0.5, 0.6) is 17.2 Å². The number of ether oxygens (including phenoxy) is 3. The first kappa shape index (κ1) is 22.7. The molecule has 4 rings (SSSR count). The van der Waals surface area contributed by atoms with Gasteiger partial charge in [0.15, 0.2) is 16.7 Å². The molecule has 172 valence electrons. The third-order valence-corrected chi connectivity index (χ3v) is 6.27. The predicted octanol–water partition coefficient (Wildman–Crippen LogP) is 3.70. The lowest BCUT2D eigenvalue weighted by Crippen LogP contribution is -2.31. The summed E-state index contributed by atoms with van der Waals surface area (Å²) in [4.78, 5) is 32.9. The molecule has 1 aliphatic heterocycles. The summed E-state index contributed by atoms with van der Waals surface area (Å²) in [7, 11) is 4.53. The lowest BCUT2D eigenvalue weighted by Gasteiger charge is -2.26. The average molecular weight is 472 g/mol. The van der Waals surface area contributed by atoms with Gasteiger partial charge in [-0.15, -0.1) is 0 Å². The molecule has 2 N–H and O–H groups in total. The highest BCUT2D eigenvalue weighted by Gasteiger charge is 2.33. The molecular formula is C23H22FN3O5S. The maximum Gasteiger partial charge on any atom is 0.257 e. The van der Waals surface area contributed by atoms with E-state index in [1.54, 1.807) is 24.3 Å². The van der Waals surface area contributed by atoms with Gasteiger partial charge in [-0.2, -0.15) is 0 Å². The van der Waals surface area contributed by atoms with Crippen LogP contribution in [0.25, 0.3) is 0 Å². The summed E-state index contributed by atoms with van der Waals surface area (Å²) < 4.78 is 29.4. The first-order valence-corrected chi connectivity index (χ1v) is 11.0. The zero-order chi connectivity index (χ0) is 23.5. The van der Waals surface area contributed by atoms with Crippen molar-refractivity contribution in [3.63, 3.8) is 0 Å². The highest BCUT2D eigenvalue weighted by Crippen LogP contribution is 2.43. The quantitative estimate of drug-likeness (QED) is 0.400. The van der Waals surface area contributed by atoms with E-state index in [0.29, 0.717) is 39.3 Å². The molecule has 0 bridgehead atoms. The summed E-state index contributed by atoms with van der Waals surface area (Å²) >= 11 is 1.28. The van der Waals surface area contributed by atoms with E-state index >= 15 is 0 Å². The zero-order valence-corrected chi connectivity index (χ0v) is 19.0. The number of halogens is 1. The Bertz CT molecular complexity index is 1250. The normalized spacial score (nSPS) is 14.9. The second kappa shape index (κ2) is 9.53. The van der Waals surface area contributed by atoms with E-state index in [4.69, 9.17) is 14.2 Å². The number of amides is 1. The molecule has 1 aliphatic rings. The Balaban J connectivity index is 1.71. The Morgan fingerprint density at radius 3 is 2.36 bits per heavy atom. The van der Waals surface area contributed by atoms with Gasteiger partial charge in [0, 0.05) is 29.7 Å². The minimum absolute atomic E-state index is 0.0473. The number of H-pyrrole nitrogens is 1. The molecule has 1 atom stereocenters. The maximum absolute atomic E-state index is 13.1. The van der Waals surface area contributed by atoms with Crippen LogP contribution < -0.4 is 25.1 Å². The van der Waals surface area contributed by atoms with E-state index in [1.807, 2.05) is 0 Å². The van der Waals surface area contributed by atoms with Gasteiger partial charge in [0.25, 0.3) is 5.56 Å². The average Bonchev–Trinajstić information content (AvgIpc) is 2.82. The van der Waals surface area contributed by atoms with Crippen LogP contribution in [0.2, 0.25) is 0 Å². The summed E-state index contributed by atoms with van der Waals surface area (Å²) in [5, 5.41) is 3.06. The molecule has 3 aromatic rings. The number of rotatable bonds is 7. The first-order chi connectivity index (χ1) is 15.9. The molecule has 0 spiro atoms. The van der Waals surface area contributed by atoms with Gasteiger partial charge in [-0.1, -0.05) is 23.9 Å². The van der Waals surface area contributed by atoms with Crippen molar-refractivity contribution in [1.29, 1.82) is 0 Å². The van der Waals surface area contributed by atoms with E-state index in [9.17, 15) is 14.0 Å². The number of carbonyl (C=O) groups excluding carboxylic acids is 1. The number of aromatic nitrogens is 2. The van der Waals surface area contributed by atoms with Crippen molar-refractivity contribution >= 4 is 23.5 Å². The lowest BCUT2D eigenvalue weighted by atomic mass is 9.86. The Morgan fingerprint density at radius 2 is 1.70 bits per heavy atom. The third-order valence-electron chi connectivity index (χ3n) is 5.33. The van der Waals surface area contributed by atoms with Crippen LogP contribution in [-0.2, 0) is 10.5 Å². The molecule has 0 saturated heterocycles. The van der Waals surface area contributed by atoms with Crippen LogP contribution >= 0.6 is 11.8 Å². The van der Waals surface area contributed by atoms with E-state index in [0.717, 1.165) is 5.56 Å². The molecule has 33 heavy (non-hydrogen) atoms. The van der Waals surface area contributed by atoms with Gasteiger partial charge in [0.05, 0.1) is 26.9 Å². The van der Waals surface area contributed by atoms with Crippen molar-refractivity contribution in [1.82, 2.24) is 9.97 Å². The van der Waals surface area contributed by atoms with Gasteiger partial charge in [-0.25, -0.2) is 9.37 Å². The molecule has 0 aliphatic carbocycles. The Morgan fingerprint density at radius 1 is 1.03 bits per heavy atom. The van der Waals surface area contributed by atoms with Crippen LogP contribution in [0.15, 0.2) is 46.3 Å². The summed E-state index contributed by atoms with van der Waals surface area (Å²) in [6, 6.07) is 9.46. The number of nitrogens with zero attached hydrogens (tertiary/aromatic N) is 1. The SMILES string of the molecule is COc1cc(OC)c([C@H]2CC(=O)Nc3nc(SCc4ccc(F)cc4)[nH]c(=O)c32)cc1OC. The number of methoxy groups -OCH3 is 3. The van der Waals surface area contributed by atoms with E-state index in [2.05, 4.69) is 15.3 Å². The van der Waals surface area contributed by atoms with Gasteiger partial charge in [0.1, 0.15) is 17.4 Å². The van der Waals surface area contributed by atoms with Gasteiger partial charge in [-0.05, 0) is 23.8 Å². The minimum atomic E-state index is -0.587. The van der Waals surface area contributed by atoms with Crippen LogP contribution in [-0.4, -0.2) is 37.2 Å². The maximum atomic E-state index is 13.1. The highest BCUT2D eigenvalue weighted by atomic mass is 32.2. The zero-order valence-electron chi connectivity index (χ0n) is 18.2. The van der Waals surface area contributed by atoms with Crippen LogP contribution in [0.1, 0.15) is 29.0 Å². The summed E-state index contributed by atoms with van der Waals surface area (Å²) in [5.74, 6) is 0.903. The number of fused-ring (bicyclic) bond motifs is 1. The molecule has 0 radical (unpaired) electrons. The largest absolute Gasteiger partial charge is 0.496 e. The molecule has 8 nitrogen and oxygen atoms in total. The van der Waals surface area contributed by atoms with Gasteiger partial charge in [0.2, 0.25) is 5.91 Å². The number of aromatic amines is 1. The Hall–Kier alpha value is -3.53. The number of hydrogen-bond acceptors (Lipinski definition) is 7. The number of benzene rings is 2. The second-order valence-corrected chi connectivity index (χ2v) is 8.27. The molecule has 2 heterocycles. The van der Waals surface area contributed by atoms with Crippen molar-refractivity contribution < 1.29 is 23.4 Å². The standard InChI is InChI=1S/C23H22FN3O5S/c1-30-16-10-18(32-3)17(31-2)8-14(16)15-9-19(28)25-21-20(15)22(29)27-23(26-21)33-11-12-4-6-13(24)7-5-12/h4-8,10,15H,9,11H2,1-3H3,(H2,25,26,27,28,29)/t15-/m1/s1. The van der Waals surface area contributed by atoms with Crippen LogP contribution in [0, 0.1) is 5.82 Å². The number of thioether (sulfide) groups is 1. The van der Waals surface area contributed by atoms with Crippen molar-refractivity contribution in [2.75, 3.05) is 26.6 Å². The smallest absolute Gasteiger partial charge is 0.257 e. The van der Waals surface area contributed by atoms with E-state index in [1.165, 1.54) is 45.2 Å². The fraction of sp³-hybridized carbons (Fsp3) is 0.261. The molecule has 2 aromatic carbocycles. The summed E-state index contributed by atoms with van der Waals surface area (Å²) in [6.45, 7) is 0. The fourth-order valence-electron chi connectivity index (χ4n) is 3.74.